The Morgan fingerprint density at radius 3 is 2.69 bits per heavy atom. The molecule has 3 rings (SSSR count). The monoisotopic (exact) mass is 415 g/mol. The van der Waals surface area contributed by atoms with E-state index >= 15 is 0 Å². The van der Waals surface area contributed by atoms with Gasteiger partial charge < -0.3 is 19.5 Å². The van der Waals surface area contributed by atoms with E-state index in [4.69, 9.17) is 20.9 Å². The van der Waals surface area contributed by atoms with Gasteiger partial charge in [0.2, 0.25) is 5.82 Å². The van der Waals surface area contributed by atoms with Crippen molar-refractivity contribution in [1.29, 1.82) is 0 Å². The molecule has 1 atom stereocenters. The van der Waals surface area contributed by atoms with Crippen LogP contribution in [-0.4, -0.2) is 36.8 Å². The number of hydrogen-bond acceptors (Lipinski definition) is 5. The van der Waals surface area contributed by atoms with E-state index in [0.29, 0.717) is 34.7 Å². The molecule has 1 unspecified atom stereocenters. The number of carbonyl (C=O) groups excluding carboxylic acids is 1. The number of halogens is 1. The lowest BCUT2D eigenvalue weighted by atomic mass is 10.1. The zero-order valence-corrected chi connectivity index (χ0v) is 17.4. The van der Waals surface area contributed by atoms with Gasteiger partial charge in [0.25, 0.3) is 11.8 Å². The van der Waals surface area contributed by atoms with E-state index in [-0.39, 0.29) is 12.5 Å². The summed E-state index contributed by atoms with van der Waals surface area (Å²) in [6.07, 6.45) is 0.981. The lowest BCUT2D eigenvalue weighted by Crippen LogP contribution is -3.08. The molecule has 0 spiro atoms. The molecule has 1 aromatic heterocycles. The van der Waals surface area contributed by atoms with E-state index in [0.717, 1.165) is 16.9 Å². The van der Waals surface area contributed by atoms with Gasteiger partial charge in [0.05, 0.1) is 19.8 Å². The Kier molecular flexibility index (Phi) is 6.85. The molecule has 0 fully saturated rings. The highest BCUT2D eigenvalue weighted by Gasteiger charge is 2.17. The summed E-state index contributed by atoms with van der Waals surface area (Å²) in [5.41, 5.74) is 2.69. The molecule has 0 aliphatic rings. The maximum Gasteiger partial charge on any atom is 0.282 e. The molecule has 1 heterocycles. The number of rotatable bonds is 8. The number of aryl methyl sites for hydroxylation is 1. The lowest BCUT2D eigenvalue weighted by Gasteiger charge is -2.13. The van der Waals surface area contributed by atoms with Crippen LogP contribution in [0.15, 0.2) is 47.0 Å². The first-order chi connectivity index (χ1) is 14.0. The fourth-order valence-electron chi connectivity index (χ4n) is 2.90. The predicted molar refractivity (Wildman–Crippen MR) is 111 cm³/mol. The smallest absolute Gasteiger partial charge is 0.282 e. The van der Waals surface area contributed by atoms with E-state index in [2.05, 4.69) is 34.5 Å². The summed E-state index contributed by atoms with van der Waals surface area (Å²) in [7, 11) is 3.42. The molecule has 29 heavy (non-hydrogen) atoms. The molecule has 0 saturated heterocycles. The van der Waals surface area contributed by atoms with Gasteiger partial charge >= 0.3 is 0 Å². The van der Waals surface area contributed by atoms with Crippen molar-refractivity contribution in [2.24, 2.45) is 0 Å². The van der Waals surface area contributed by atoms with Crippen molar-refractivity contribution in [2.75, 3.05) is 26.0 Å². The fourth-order valence-corrected chi connectivity index (χ4v) is 3.07. The number of likely N-dealkylation sites (N-methyl/N-ethyl adjacent to an activating group) is 1. The Balaban J connectivity index is 1.58. The van der Waals surface area contributed by atoms with Gasteiger partial charge in [-0.25, -0.2) is 0 Å². The van der Waals surface area contributed by atoms with Gasteiger partial charge in [0.15, 0.2) is 13.1 Å². The van der Waals surface area contributed by atoms with Crippen LogP contribution >= 0.6 is 11.6 Å². The second kappa shape index (κ2) is 9.54. The van der Waals surface area contributed by atoms with Crippen molar-refractivity contribution in [2.45, 2.75) is 19.9 Å². The molecule has 3 aromatic rings. The minimum absolute atomic E-state index is 0.169. The van der Waals surface area contributed by atoms with Crippen LogP contribution in [0.3, 0.4) is 0 Å². The zero-order valence-electron chi connectivity index (χ0n) is 16.7. The van der Waals surface area contributed by atoms with E-state index in [1.165, 1.54) is 5.56 Å². The third-order valence-corrected chi connectivity index (χ3v) is 4.67. The topological polar surface area (TPSA) is 81.7 Å². The van der Waals surface area contributed by atoms with E-state index in [1.807, 2.05) is 19.2 Å². The van der Waals surface area contributed by atoms with Crippen LogP contribution in [0, 0.1) is 0 Å². The molecular formula is C21H24ClN4O3+. The average molecular weight is 416 g/mol. The number of methoxy groups -OCH3 is 1. The summed E-state index contributed by atoms with van der Waals surface area (Å²) in [4.78, 5) is 17.7. The molecular weight excluding hydrogens is 392 g/mol. The number of amides is 1. The molecule has 0 radical (unpaired) electrons. The number of benzene rings is 2. The summed E-state index contributed by atoms with van der Waals surface area (Å²) >= 11 is 6.00. The molecule has 152 valence electrons. The number of ether oxygens (including phenoxy) is 1. The molecule has 0 aliphatic heterocycles. The molecule has 7 nitrogen and oxygen atoms in total. The Bertz CT molecular complexity index is 972. The van der Waals surface area contributed by atoms with E-state index < -0.39 is 0 Å². The minimum Gasteiger partial charge on any atom is -0.495 e. The van der Waals surface area contributed by atoms with Crippen molar-refractivity contribution in [3.63, 3.8) is 0 Å². The Morgan fingerprint density at radius 2 is 2.00 bits per heavy atom. The Labute approximate surface area is 174 Å². The van der Waals surface area contributed by atoms with Crippen LogP contribution in [-0.2, 0) is 17.8 Å². The second-order valence-electron chi connectivity index (χ2n) is 6.77. The lowest BCUT2D eigenvalue weighted by molar-refractivity contribution is -0.886. The summed E-state index contributed by atoms with van der Waals surface area (Å²) in [6, 6.07) is 13.1. The summed E-state index contributed by atoms with van der Waals surface area (Å²) < 4.78 is 10.6. The molecule has 2 N–H and O–H groups in total. The SMILES string of the molecule is CCc1ccc(-c2noc(C[NH+](C)CC(=O)Nc3cc(Cl)ccc3OC)n2)cc1. The first-order valence-electron chi connectivity index (χ1n) is 9.35. The molecule has 0 bridgehead atoms. The quantitative estimate of drug-likeness (QED) is 0.591. The number of quaternary nitrogens is 1. The van der Waals surface area contributed by atoms with Crippen molar-refractivity contribution >= 4 is 23.2 Å². The van der Waals surface area contributed by atoms with Gasteiger partial charge in [-0.1, -0.05) is 47.9 Å². The van der Waals surface area contributed by atoms with Crippen LogP contribution in [0.25, 0.3) is 11.4 Å². The zero-order chi connectivity index (χ0) is 20.8. The van der Waals surface area contributed by atoms with Gasteiger partial charge in [-0.05, 0) is 30.2 Å². The molecule has 0 aliphatic carbocycles. The summed E-state index contributed by atoms with van der Waals surface area (Å²) in [6.45, 7) is 2.76. The van der Waals surface area contributed by atoms with Crippen LogP contribution < -0.4 is 15.0 Å². The fraction of sp³-hybridized carbons (Fsp3) is 0.286. The van der Waals surface area contributed by atoms with E-state index in [9.17, 15) is 4.79 Å². The number of anilines is 1. The second-order valence-corrected chi connectivity index (χ2v) is 7.20. The summed E-state index contributed by atoms with van der Waals surface area (Å²) in [5.74, 6) is 1.41. The summed E-state index contributed by atoms with van der Waals surface area (Å²) in [5, 5.41) is 7.39. The molecule has 0 saturated carbocycles. The highest BCUT2D eigenvalue weighted by atomic mass is 35.5. The number of nitrogens with one attached hydrogen (secondary N) is 2. The first kappa shape index (κ1) is 20.8. The average Bonchev–Trinajstić information content (AvgIpc) is 3.16. The van der Waals surface area contributed by atoms with Crippen LogP contribution in [0.2, 0.25) is 5.02 Å². The van der Waals surface area contributed by atoms with Crippen LogP contribution in [0.4, 0.5) is 5.69 Å². The molecule has 1 amide bonds. The van der Waals surface area contributed by atoms with Gasteiger partial charge in [-0.3, -0.25) is 4.79 Å². The highest BCUT2D eigenvalue weighted by Crippen LogP contribution is 2.27. The van der Waals surface area contributed by atoms with Gasteiger partial charge in [-0.15, -0.1) is 0 Å². The standard InChI is InChI=1S/C21H23ClN4O3/c1-4-14-5-7-15(8-6-14)21-24-20(29-25-21)13-26(2)12-19(27)23-17-11-16(22)9-10-18(17)28-3/h5-11H,4,12-13H2,1-3H3,(H,23,27)/p+1. The third kappa shape index (κ3) is 5.56. The molecule has 8 heteroatoms. The highest BCUT2D eigenvalue weighted by molar-refractivity contribution is 6.31. The number of hydrogen-bond donors (Lipinski definition) is 2. The Morgan fingerprint density at radius 1 is 1.24 bits per heavy atom. The number of aromatic nitrogens is 2. The number of nitrogens with zero attached hydrogens (tertiary/aromatic N) is 2. The van der Waals surface area contributed by atoms with Gasteiger partial charge in [-0.2, -0.15) is 4.98 Å². The maximum absolute atomic E-state index is 12.4. The minimum atomic E-state index is -0.169. The van der Waals surface area contributed by atoms with Crippen molar-refractivity contribution in [1.82, 2.24) is 10.1 Å². The van der Waals surface area contributed by atoms with Crippen LogP contribution in [0.5, 0.6) is 5.75 Å². The number of carbonyl (C=O) groups is 1. The maximum atomic E-state index is 12.4. The van der Waals surface area contributed by atoms with Gasteiger partial charge in [0.1, 0.15) is 5.75 Å². The largest absolute Gasteiger partial charge is 0.495 e. The molecule has 2 aromatic carbocycles. The third-order valence-electron chi connectivity index (χ3n) is 4.44. The Hall–Kier alpha value is -2.90. The van der Waals surface area contributed by atoms with Crippen LogP contribution in [0.1, 0.15) is 18.4 Å². The van der Waals surface area contributed by atoms with Crippen molar-refractivity contribution in [3.05, 3.63) is 58.9 Å². The first-order valence-corrected chi connectivity index (χ1v) is 9.73. The van der Waals surface area contributed by atoms with Crippen molar-refractivity contribution in [3.8, 4) is 17.1 Å². The van der Waals surface area contributed by atoms with E-state index in [1.54, 1.807) is 25.3 Å². The van der Waals surface area contributed by atoms with Crippen molar-refractivity contribution < 1.29 is 19.0 Å². The predicted octanol–water partition coefficient (Wildman–Crippen LogP) is 2.61. The van der Waals surface area contributed by atoms with Gasteiger partial charge in [0, 0.05) is 10.6 Å². The normalized spacial score (nSPS) is 11.9.